The largest absolute Gasteiger partial charge is 0.411 e. The van der Waals surface area contributed by atoms with Crippen LogP contribution in [0.15, 0.2) is 158 Å². The summed E-state index contributed by atoms with van der Waals surface area (Å²) in [6.07, 6.45) is -11.5. The fraction of sp³-hybridized carbons (Fsp3) is 0.109. The number of nitrogens with zero attached hydrogens (tertiary/aromatic N) is 2. The number of para-hydroxylation sites is 2. The van der Waals surface area contributed by atoms with Crippen LogP contribution in [-0.2, 0) is 5.41 Å². The van der Waals surface area contributed by atoms with Crippen molar-refractivity contribution < 1.29 is 26.3 Å². The van der Waals surface area contributed by atoms with Gasteiger partial charge in [0.25, 0.3) is 0 Å². The third-order valence-corrected chi connectivity index (χ3v) is 10.2. The summed E-state index contributed by atoms with van der Waals surface area (Å²) in [4.78, 5) is 4.83. The number of halogens is 6. The molecule has 2 heterocycles. The molecule has 0 spiro atoms. The molecule has 0 N–H and O–H groups in total. The molecule has 0 aliphatic heterocycles. The molecular weight excluding hydrogens is 695 g/mol. The average Bonchev–Trinajstić information content (AvgIpc) is 3.52. The maximum Gasteiger partial charge on any atom is 0.411 e. The minimum absolute atomic E-state index is 0.446. The van der Waals surface area contributed by atoms with E-state index in [1.54, 1.807) is 12.1 Å². The van der Waals surface area contributed by atoms with Gasteiger partial charge in [-0.2, -0.15) is 26.3 Å². The van der Waals surface area contributed by atoms with Gasteiger partial charge < -0.3 is 4.57 Å². The van der Waals surface area contributed by atoms with E-state index in [0.29, 0.717) is 28.2 Å². The lowest BCUT2D eigenvalue weighted by atomic mass is 9.72. The summed E-state index contributed by atoms with van der Waals surface area (Å²) in [5.41, 5.74) is 1.74. The van der Waals surface area contributed by atoms with Crippen LogP contribution in [0.3, 0.4) is 0 Å². The van der Waals surface area contributed by atoms with Crippen LogP contribution in [0.2, 0.25) is 0 Å². The molecule has 2 nitrogen and oxygen atoms in total. The first-order valence-corrected chi connectivity index (χ1v) is 17.4. The maximum absolute atomic E-state index is 15.3. The molecule has 2 aromatic heterocycles. The zero-order valence-corrected chi connectivity index (χ0v) is 29.2. The second kappa shape index (κ2) is 13.1. The Morgan fingerprint density at radius 2 is 0.852 bits per heavy atom. The number of fused-ring (bicyclic) bond motifs is 3. The van der Waals surface area contributed by atoms with E-state index in [0.717, 1.165) is 68.3 Å². The third-order valence-electron chi connectivity index (χ3n) is 10.2. The van der Waals surface area contributed by atoms with Gasteiger partial charge in [-0.1, -0.05) is 133 Å². The average molecular weight is 727 g/mol. The summed E-state index contributed by atoms with van der Waals surface area (Å²) in [5, 5.41) is 1.89. The van der Waals surface area contributed by atoms with Crippen molar-refractivity contribution in [2.45, 2.75) is 31.6 Å². The van der Waals surface area contributed by atoms with Crippen LogP contribution in [0.4, 0.5) is 26.3 Å². The Bertz CT molecular complexity index is 2490. The first-order valence-electron chi connectivity index (χ1n) is 17.4. The molecule has 268 valence electrons. The van der Waals surface area contributed by atoms with Crippen LogP contribution < -0.4 is 0 Å². The summed E-state index contributed by atoms with van der Waals surface area (Å²) in [6, 6.07) is 43.1. The summed E-state index contributed by atoms with van der Waals surface area (Å²) < 4.78 is 93.8. The van der Waals surface area contributed by atoms with Gasteiger partial charge in [-0.15, -0.1) is 0 Å². The second-order valence-corrected chi connectivity index (χ2v) is 13.5. The lowest BCUT2D eigenvalue weighted by Crippen LogP contribution is -2.54. The summed E-state index contributed by atoms with van der Waals surface area (Å²) in [7, 11) is 0. The monoisotopic (exact) mass is 726 g/mol. The Kier molecular flexibility index (Phi) is 8.44. The van der Waals surface area contributed by atoms with Crippen molar-refractivity contribution in [1.82, 2.24) is 9.55 Å². The zero-order chi connectivity index (χ0) is 37.8. The van der Waals surface area contributed by atoms with E-state index in [-0.39, 0.29) is 0 Å². The van der Waals surface area contributed by atoms with Crippen LogP contribution in [0.1, 0.15) is 22.3 Å². The van der Waals surface area contributed by atoms with Crippen LogP contribution in [-0.4, -0.2) is 21.9 Å². The zero-order valence-electron chi connectivity index (χ0n) is 29.2. The molecule has 0 aliphatic carbocycles. The highest BCUT2D eigenvalue weighted by Gasteiger charge is 2.72. The van der Waals surface area contributed by atoms with Crippen molar-refractivity contribution in [3.05, 3.63) is 180 Å². The SMILES string of the molecule is Cc1cccc2c3cccc(C)c3n(-c3ccc(C(c4ccc(-c5cc(-c6ccccc6)nc(-c6ccccc6)c5)cc4)(C(F)(F)F)C(F)(F)F)cc3)c12. The van der Waals surface area contributed by atoms with Gasteiger partial charge in [-0.3, -0.25) is 0 Å². The number of hydrogen-bond donors (Lipinski definition) is 0. The molecule has 0 amide bonds. The standard InChI is InChI=1S/C46H32F6N2/c1-29-11-9-17-38-39-18-10-12-30(2)43(39)54(42(29)38)37-25-23-36(24-26-37)44(45(47,48)49,46(50,51)52)35-21-19-31(20-22-35)34-27-40(32-13-5-3-6-14-32)53-41(28-34)33-15-7-4-8-16-33/h3-28H,1-2H3. The van der Waals surface area contributed by atoms with Gasteiger partial charge >= 0.3 is 12.4 Å². The number of pyridine rings is 1. The lowest BCUT2D eigenvalue weighted by molar-refractivity contribution is -0.288. The van der Waals surface area contributed by atoms with E-state index in [4.69, 9.17) is 4.98 Å². The molecule has 0 bridgehead atoms. The van der Waals surface area contributed by atoms with Crippen molar-refractivity contribution in [3.8, 4) is 39.3 Å². The van der Waals surface area contributed by atoms with E-state index in [1.807, 2.05) is 115 Å². The maximum atomic E-state index is 15.3. The molecule has 6 aromatic carbocycles. The predicted octanol–water partition coefficient (Wildman–Crippen LogP) is 13.2. The molecule has 0 saturated heterocycles. The first-order chi connectivity index (χ1) is 25.9. The first kappa shape index (κ1) is 34.9. The molecule has 0 aliphatic rings. The van der Waals surface area contributed by atoms with Gasteiger partial charge in [0.05, 0.1) is 22.4 Å². The van der Waals surface area contributed by atoms with Gasteiger partial charge in [-0.25, -0.2) is 4.98 Å². The van der Waals surface area contributed by atoms with Crippen molar-refractivity contribution in [2.24, 2.45) is 0 Å². The van der Waals surface area contributed by atoms with Crippen LogP contribution in [0.5, 0.6) is 0 Å². The summed E-state index contributed by atoms with van der Waals surface area (Å²) in [6.45, 7) is 3.86. The van der Waals surface area contributed by atoms with Crippen LogP contribution in [0, 0.1) is 13.8 Å². The van der Waals surface area contributed by atoms with Crippen LogP contribution in [0.25, 0.3) is 61.1 Å². The minimum Gasteiger partial charge on any atom is -0.309 e. The molecule has 0 saturated carbocycles. The van der Waals surface area contributed by atoms with E-state index in [2.05, 4.69) is 0 Å². The van der Waals surface area contributed by atoms with Crippen molar-refractivity contribution in [1.29, 1.82) is 0 Å². The highest BCUT2D eigenvalue weighted by molar-refractivity contribution is 6.11. The Morgan fingerprint density at radius 3 is 1.28 bits per heavy atom. The Labute approximate surface area is 308 Å². The number of aryl methyl sites for hydroxylation is 2. The lowest BCUT2D eigenvalue weighted by Gasteiger charge is -2.38. The van der Waals surface area contributed by atoms with Crippen molar-refractivity contribution in [2.75, 3.05) is 0 Å². The molecule has 8 rings (SSSR count). The molecule has 8 aromatic rings. The van der Waals surface area contributed by atoms with Gasteiger partial charge in [0, 0.05) is 27.6 Å². The topological polar surface area (TPSA) is 17.8 Å². The van der Waals surface area contributed by atoms with E-state index in [9.17, 15) is 0 Å². The van der Waals surface area contributed by atoms with Gasteiger partial charge in [0.2, 0.25) is 5.41 Å². The quantitative estimate of drug-likeness (QED) is 0.156. The molecular formula is C46H32F6N2. The smallest absolute Gasteiger partial charge is 0.309 e. The molecule has 0 unspecified atom stereocenters. The van der Waals surface area contributed by atoms with Crippen molar-refractivity contribution >= 4 is 21.8 Å². The number of benzene rings is 6. The highest BCUT2D eigenvalue weighted by Crippen LogP contribution is 2.56. The molecule has 0 radical (unpaired) electrons. The van der Waals surface area contributed by atoms with E-state index >= 15 is 26.3 Å². The fourth-order valence-electron chi connectivity index (χ4n) is 7.68. The van der Waals surface area contributed by atoms with Crippen LogP contribution >= 0.6 is 0 Å². The molecule has 54 heavy (non-hydrogen) atoms. The summed E-state index contributed by atoms with van der Waals surface area (Å²) >= 11 is 0. The van der Waals surface area contributed by atoms with E-state index < -0.39 is 28.9 Å². The minimum atomic E-state index is -5.73. The Balaban J connectivity index is 1.26. The van der Waals surface area contributed by atoms with Gasteiger partial charge in [-0.05, 0) is 71.5 Å². The highest BCUT2D eigenvalue weighted by atomic mass is 19.4. The van der Waals surface area contributed by atoms with E-state index in [1.165, 1.54) is 24.3 Å². The number of hydrogen-bond acceptors (Lipinski definition) is 1. The summed E-state index contributed by atoms with van der Waals surface area (Å²) in [5.74, 6) is 0. The normalized spacial score (nSPS) is 12.4. The second-order valence-electron chi connectivity index (χ2n) is 13.5. The Hall–Kier alpha value is -6.15. The molecule has 0 fully saturated rings. The fourth-order valence-corrected chi connectivity index (χ4v) is 7.68. The number of aromatic nitrogens is 2. The van der Waals surface area contributed by atoms with Gasteiger partial charge in [0.15, 0.2) is 0 Å². The number of alkyl halides is 6. The van der Waals surface area contributed by atoms with Crippen molar-refractivity contribution in [3.63, 3.8) is 0 Å². The Morgan fingerprint density at radius 1 is 0.426 bits per heavy atom. The molecule has 8 heteroatoms. The van der Waals surface area contributed by atoms with Gasteiger partial charge in [0.1, 0.15) is 0 Å². The predicted molar refractivity (Wildman–Crippen MR) is 204 cm³/mol. The third kappa shape index (κ3) is 5.64. The molecule has 0 atom stereocenters. The number of rotatable bonds is 6.